The van der Waals surface area contributed by atoms with E-state index in [0.29, 0.717) is 16.0 Å². The van der Waals surface area contributed by atoms with Crippen molar-refractivity contribution in [3.63, 3.8) is 0 Å². The Kier molecular flexibility index (Phi) is 5.66. The summed E-state index contributed by atoms with van der Waals surface area (Å²) in [6.07, 6.45) is 0. The van der Waals surface area contributed by atoms with E-state index in [9.17, 15) is 23.1 Å². The number of primary sulfonamides is 1. The van der Waals surface area contributed by atoms with E-state index in [1.807, 2.05) is 5.38 Å². The lowest BCUT2D eigenvalue weighted by atomic mass is 10.1. The fourth-order valence-electron chi connectivity index (χ4n) is 2.93. The zero-order valence-electron chi connectivity index (χ0n) is 15.0. The van der Waals surface area contributed by atoms with Gasteiger partial charge in [-0.15, -0.1) is 11.3 Å². The van der Waals surface area contributed by atoms with Gasteiger partial charge in [0, 0.05) is 18.5 Å². The highest BCUT2D eigenvalue weighted by Gasteiger charge is 2.41. The highest BCUT2D eigenvalue weighted by Crippen LogP contribution is 2.34. The molecule has 148 valence electrons. The fraction of sp³-hybridized carbons (Fsp3) is 0.222. The first-order chi connectivity index (χ1) is 13.2. The first-order valence-corrected chi connectivity index (χ1v) is 10.7. The minimum atomic E-state index is -3.82. The molecule has 1 aliphatic heterocycles. The Hall–Kier alpha value is -2.53. The zero-order valence-corrected chi connectivity index (χ0v) is 16.7. The number of benzene rings is 1. The van der Waals surface area contributed by atoms with Gasteiger partial charge in [-0.3, -0.25) is 14.5 Å². The molecule has 1 aliphatic rings. The molecule has 10 heteroatoms. The number of aliphatic hydroxyl groups is 1. The number of carbonyl (C=O) groups excluding carboxylic acids is 2. The molecular formula is C18H19N3O5S2. The molecule has 8 nitrogen and oxygen atoms in total. The average molecular weight is 422 g/mol. The first kappa shape index (κ1) is 20.2. The van der Waals surface area contributed by atoms with Gasteiger partial charge in [-0.05, 0) is 29.1 Å². The molecular weight excluding hydrogens is 402 g/mol. The summed E-state index contributed by atoms with van der Waals surface area (Å²) in [7, 11) is -2.17. The summed E-state index contributed by atoms with van der Waals surface area (Å²) in [5.74, 6) is -0.886. The molecule has 2 aromatic rings. The third-order valence-electron chi connectivity index (χ3n) is 4.32. The summed E-state index contributed by atoms with van der Waals surface area (Å²) in [4.78, 5) is 29.3. The van der Waals surface area contributed by atoms with E-state index in [4.69, 9.17) is 5.14 Å². The Morgan fingerprint density at radius 2 is 1.82 bits per heavy atom. The van der Waals surface area contributed by atoms with Gasteiger partial charge in [-0.1, -0.05) is 18.2 Å². The van der Waals surface area contributed by atoms with E-state index in [1.165, 1.54) is 35.6 Å². The van der Waals surface area contributed by atoms with Crippen LogP contribution in [0.5, 0.6) is 0 Å². The minimum Gasteiger partial charge on any atom is -0.395 e. The van der Waals surface area contributed by atoms with Gasteiger partial charge < -0.3 is 10.0 Å². The van der Waals surface area contributed by atoms with Gasteiger partial charge in [0.1, 0.15) is 5.70 Å². The number of sulfonamides is 1. The van der Waals surface area contributed by atoms with Crippen LogP contribution in [-0.4, -0.2) is 55.3 Å². The quantitative estimate of drug-likeness (QED) is 0.632. The van der Waals surface area contributed by atoms with Gasteiger partial charge in [0.2, 0.25) is 10.0 Å². The van der Waals surface area contributed by atoms with Crippen LogP contribution in [0.15, 0.2) is 52.4 Å². The lowest BCUT2D eigenvalue weighted by Crippen LogP contribution is -2.34. The lowest BCUT2D eigenvalue weighted by Gasteiger charge is -2.20. The molecule has 3 N–H and O–H groups in total. The third kappa shape index (κ3) is 3.85. The van der Waals surface area contributed by atoms with Crippen LogP contribution in [0.1, 0.15) is 10.4 Å². The molecule has 0 unspecified atom stereocenters. The normalized spacial score (nSPS) is 14.9. The Morgan fingerprint density at radius 3 is 2.36 bits per heavy atom. The molecule has 0 radical (unpaired) electrons. The van der Waals surface area contributed by atoms with Gasteiger partial charge in [0.25, 0.3) is 11.8 Å². The molecule has 1 aromatic carbocycles. The van der Waals surface area contributed by atoms with E-state index in [1.54, 1.807) is 24.1 Å². The van der Waals surface area contributed by atoms with Crippen molar-refractivity contribution in [3.8, 4) is 0 Å². The number of thiophene rings is 1. The molecule has 0 bridgehead atoms. The molecule has 28 heavy (non-hydrogen) atoms. The summed E-state index contributed by atoms with van der Waals surface area (Å²) >= 11 is 1.35. The standard InChI is InChI=1S/C18H19N3O5S2/c1-20(8-9-22)16-15(14-3-2-10-27-14)17(23)21(18(16)24)11-12-4-6-13(7-5-12)28(19,25)26/h2-7,10,22H,8-9,11H2,1H3,(H2,19,25,26). The number of carbonyl (C=O) groups is 2. The second-order valence-electron chi connectivity index (χ2n) is 6.23. The van der Waals surface area contributed by atoms with E-state index in [0.717, 1.165) is 4.90 Å². The molecule has 0 saturated heterocycles. The second kappa shape index (κ2) is 7.84. The van der Waals surface area contributed by atoms with Gasteiger partial charge >= 0.3 is 0 Å². The van der Waals surface area contributed by atoms with Crippen LogP contribution in [-0.2, 0) is 26.2 Å². The number of nitrogens with zero attached hydrogens (tertiary/aromatic N) is 2. The first-order valence-electron chi connectivity index (χ1n) is 8.32. The zero-order chi connectivity index (χ0) is 20.5. The Labute approximate surface area is 166 Å². The molecule has 0 atom stereocenters. The predicted molar refractivity (Wildman–Crippen MR) is 104 cm³/mol. The summed E-state index contributed by atoms with van der Waals surface area (Å²) < 4.78 is 22.7. The van der Waals surface area contributed by atoms with Crippen molar-refractivity contribution >= 4 is 38.7 Å². The maximum absolute atomic E-state index is 13.0. The van der Waals surface area contributed by atoms with Gasteiger partial charge in [-0.2, -0.15) is 0 Å². The van der Waals surface area contributed by atoms with E-state index >= 15 is 0 Å². The van der Waals surface area contributed by atoms with Crippen LogP contribution in [0.25, 0.3) is 5.57 Å². The summed E-state index contributed by atoms with van der Waals surface area (Å²) in [5.41, 5.74) is 1.13. The predicted octanol–water partition coefficient (Wildman–Crippen LogP) is 0.600. The SMILES string of the molecule is CN(CCO)C1=C(c2cccs2)C(=O)N(Cc2ccc(S(N)(=O)=O)cc2)C1=O. The van der Waals surface area contributed by atoms with Crippen molar-refractivity contribution in [3.05, 3.63) is 57.9 Å². The minimum absolute atomic E-state index is 0.00605. The third-order valence-corrected chi connectivity index (χ3v) is 6.14. The lowest BCUT2D eigenvalue weighted by molar-refractivity contribution is -0.138. The van der Waals surface area contributed by atoms with Gasteiger partial charge in [0.15, 0.2) is 0 Å². The van der Waals surface area contributed by atoms with Gasteiger partial charge in [-0.25, -0.2) is 13.6 Å². The van der Waals surface area contributed by atoms with Crippen LogP contribution in [0, 0.1) is 0 Å². The Morgan fingerprint density at radius 1 is 1.14 bits per heavy atom. The number of nitrogens with two attached hydrogens (primary N) is 1. The largest absolute Gasteiger partial charge is 0.395 e. The molecule has 2 amide bonds. The number of amides is 2. The number of imide groups is 1. The Balaban J connectivity index is 1.92. The summed E-state index contributed by atoms with van der Waals surface area (Å²) in [6.45, 7) is 0.0439. The number of hydrogen-bond donors (Lipinski definition) is 2. The van der Waals surface area contributed by atoms with E-state index in [-0.39, 0.29) is 30.3 Å². The highest BCUT2D eigenvalue weighted by atomic mass is 32.2. The molecule has 0 fully saturated rings. The van der Waals surface area contributed by atoms with Crippen molar-refractivity contribution in [1.29, 1.82) is 0 Å². The molecule has 0 saturated carbocycles. The number of aliphatic hydroxyl groups excluding tert-OH is 1. The number of hydrogen-bond acceptors (Lipinski definition) is 7. The maximum atomic E-state index is 13.0. The second-order valence-corrected chi connectivity index (χ2v) is 8.74. The van der Waals surface area contributed by atoms with Crippen molar-refractivity contribution < 1.29 is 23.1 Å². The van der Waals surface area contributed by atoms with Crippen LogP contribution >= 0.6 is 11.3 Å². The summed E-state index contributed by atoms with van der Waals surface area (Å²) in [5, 5.41) is 16.1. The van der Waals surface area contributed by atoms with Crippen molar-refractivity contribution in [1.82, 2.24) is 9.80 Å². The molecule has 0 spiro atoms. The highest BCUT2D eigenvalue weighted by molar-refractivity contribution is 7.89. The van der Waals surface area contributed by atoms with Crippen LogP contribution in [0.4, 0.5) is 0 Å². The van der Waals surface area contributed by atoms with Crippen LogP contribution in [0.2, 0.25) is 0 Å². The molecule has 3 rings (SSSR count). The van der Waals surface area contributed by atoms with Crippen LogP contribution < -0.4 is 5.14 Å². The molecule has 0 aliphatic carbocycles. The molecule has 1 aromatic heterocycles. The Bertz CT molecular complexity index is 1030. The number of rotatable bonds is 7. The van der Waals surface area contributed by atoms with Crippen molar-refractivity contribution in [2.24, 2.45) is 5.14 Å². The topological polar surface area (TPSA) is 121 Å². The number of likely N-dealkylation sites (N-methyl/N-ethyl adjacent to an activating group) is 1. The molecule has 2 heterocycles. The van der Waals surface area contributed by atoms with E-state index in [2.05, 4.69) is 0 Å². The maximum Gasteiger partial charge on any atom is 0.278 e. The monoisotopic (exact) mass is 421 g/mol. The fourth-order valence-corrected chi connectivity index (χ4v) is 4.21. The van der Waals surface area contributed by atoms with E-state index < -0.39 is 21.8 Å². The van der Waals surface area contributed by atoms with Gasteiger partial charge in [0.05, 0.1) is 23.6 Å². The van der Waals surface area contributed by atoms with Crippen molar-refractivity contribution in [2.75, 3.05) is 20.2 Å². The average Bonchev–Trinajstić information content (AvgIpc) is 3.24. The van der Waals surface area contributed by atoms with Crippen molar-refractivity contribution in [2.45, 2.75) is 11.4 Å². The van der Waals surface area contributed by atoms with Crippen LogP contribution in [0.3, 0.4) is 0 Å². The smallest absolute Gasteiger partial charge is 0.278 e. The summed E-state index contributed by atoms with van der Waals surface area (Å²) in [6, 6.07) is 9.26.